The number of nitrogens with one attached hydrogen (secondary N) is 1. The van der Waals surface area contributed by atoms with Crippen molar-refractivity contribution in [3.8, 4) is 0 Å². The lowest BCUT2D eigenvalue weighted by molar-refractivity contribution is -0.127. The van der Waals surface area contributed by atoms with Crippen LogP contribution in [-0.4, -0.2) is 35.3 Å². The Hall–Kier alpha value is -0.880. The molecule has 2 saturated carbocycles. The van der Waals surface area contributed by atoms with Crippen molar-refractivity contribution < 1.29 is 4.79 Å². The van der Waals surface area contributed by atoms with E-state index in [-0.39, 0.29) is 22.3 Å². The molecule has 6 rings (SSSR count). The molecule has 3 N–H and O–H groups in total. The number of rotatable bonds is 0. The quantitative estimate of drug-likeness (QED) is 0.401. The van der Waals surface area contributed by atoms with Gasteiger partial charge < -0.3 is 11.1 Å². The Labute approximate surface area is 194 Å². The number of nitrogens with two attached hydrogens (primary N) is 1. The van der Waals surface area contributed by atoms with Crippen molar-refractivity contribution in [3.05, 3.63) is 23.3 Å². The zero-order valence-electron chi connectivity index (χ0n) is 18.6. The molecule has 0 amide bonds. The SMILES string of the molecule is CC12CCSSCC3(CCCC4=C5CC1CCC1CC=CC(C4=O)C512)CCN=C(N)N3. The first-order valence-corrected chi connectivity index (χ1v) is 14.7. The standard InChI is InChI=1S/C25H35N3OS2/c1-23-11-13-30-31-15-24(10-12-27-22(26)28-24)9-3-5-18-20-14-17(23)8-7-16-4-2-6-19(21(18)29)25(16,20)23/h2,6,16-17,19H,3-5,7-15H2,1H3,(H3,26,27,28). The first-order chi connectivity index (χ1) is 15.0. The van der Waals surface area contributed by atoms with Crippen molar-refractivity contribution in [2.24, 2.45) is 39.3 Å². The molecule has 0 saturated heterocycles. The normalized spacial score (nSPS) is 46.8. The maximum atomic E-state index is 13.8. The van der Waals surface area contributed by atoms with E-state index in [1.54, 1.807) is 5.57 Å². The molecule has 0 radical (unpaired) electrons. The van der Waals surface area contributed by atoms with Crippen molar-refractivity contribution in [2.45, 2.75) is 70.3 Å². The highest BCUT2D eigenvalue weighted by Gasteiger charge is 2.71. The molecule has 2 heterocycles. The summed E-state index contributed by atoms with van der Waals surface area (Å²) < 4.78 is 0. The first kappa shape index (κ1) is 20.7. The maximum absolute atomic E-state index is 13.8. The Bertz CT molecular complexity index is 897. The molecule has 6 atom stereocenters. The minimum Gasteiger partial charge on any atom is -0.370 e. The van der Waals surface area contributed by atoms with Gasteiger partial charge in [-0.2, -0.15) is 0 Å². The van der Waals surface area contributed by atoms with Gasteiger partial charge in [-0.3, -0.25) is 9.79 Å². The fraction of sp³-hybridized carbons (Fsp3) is 0.760. The van der Waals surface area contributed by atoms with E-state index in [0.717, 1.165) is 43.9 Å². The van der Waals surface area contributed by atoms with Gasteiger partial charge in [-0.25, -0.2) is 0 Å². The smallest absolute Gasteiger partial charge is 0.189 e. The second kappa shape index (κ2) is 7.31. The van der Waals surface area contributed by atoms with Crippen LogP contribution in [0.1, 0.15) is 64.7 Å². The second-order valence-electron chi connectivity index (χ2n) is 11.0. The second-order valence-corrected chi connectivity index (χ2v) is 13.6. The summed E-state index contributed by atoms with van der Waals surface area (Å²) in [6.07, 6.45) is 15.1. The lowest BCUT2D eigenvalue weighted by Crippen LogP contribution is -2.56. The van der Waals surface area contributed by atoms with E-state index in [0.29, 0.717) is 17.7 Å². The molecule has 31 heavy (non-hydrogen) atoms. The Kier molecular flexibility index (Phi) is 4.88. The first-order valence-electron chi connectivity index (χ1n) is 12.3. The van der Waals surface area contributed by atoms with Crippen LogP contribution in [-0.2, 0) is 4.79 Å². The van der Waals surface area contributed by atoms with E-state index in [1.807, 2.05) is 21.6 Å². The number of carbonyl (C=O) groups is 1. The van der Waals surface area contributed by atoms with Gasteiger partial charge in [0.1, 0.15) is 0 Å². The number of nitrogens with zero attached hydrogens (tertiary/aromatic N) is 1. The predicted molar refractivity (Wildman–Crippen MR) is 131 cm³/mol. The summed E-state index contributed by atoms with van der Waals surface area (Å²) in [5, 5.41) is 3.55. The molecule has 0 aromatic heterocycles. The van der Waals surface area contributed by atoms with Gasteiger partial charge in [-0.05, 0) is 80.6 Å². The van der Waals surface area contributed by atoms with Gasteiger partial charge >= 0.3 is 0 Å². The van der Waals surface area contributed by atoms with E-state index in [2.05, 4.69) is 29.4 Å². The number of guanidine groups is 1. The zero-order valence-corrected chi connectivity index (χ0v) is 20.3. The molecule has 6 aliphatic rings. The zero-order chi connectivity index (χ0) is 21.3. The number of ketones is 1. The Morgan fingerprint density at radius 1 is 1.19 bits per heavy atom. The van der Waals surface area contributed by atoms with Crippen LogP contribution in [0.3, 0.4) is 0 Å². The summed E-state index contributed by atoms with van der Waals surface area (Å²) in [5.74, 6) is 4.88. The number of hydrogen-bond acceptors (Lipinski definition) is 6. The summed E-state index contributed by atoms with van der Waals surface area (Å²) in [4.78, 5) is 18.2. The number of allylic oxidation sites excluding steroid dienone is 4. The molecule has 0 aromatic carbocycles. The van der Waals surface area contributed by atoms with Crippen LogP contribution in [0, 0.1) is 28.6 Å². The number of Topliss-reactive ketones (excluding diaryl/α,β-unsaturated/α-hetero) is 1. The highest BCUT2D eigenvalue weighted by Crippen LogP contribution is 2.77. The Balaban J connectivity index is 1.40. The molecule has 6 heteroatoms. The fourth-order valence-electron chi connectivity index (χ4n) is 8.61. The Morgan fingerprint density at radius 3 is 2.94 bits per heavy atom. The monoisotopic (exact) mass is 457 g/mol. The van der Waals surface area contributed by atoms with Gasteiger partial charge in [0, 0.05) is 23.5 Å². The molecule has 5 bridgehead atoms. The minimum atomic E-state index is 0.0245. The molecule has 2 fully saturated rings. The largest absolute Gasteiger partial charge is 0.370 e. The molecule has 4 aliphatic carbocycles. The van der Waals surface area contributed by atoms with Crippen LogP contribution < -0.4 is 11.1 Å². The Morgan fingerprint density at radius 2 is 2.06 bits per heavy atom. The van der Waals surface area contributed by atoms with Gasteiger partial charge in [0.05, 0.1) is 11.5 Å². The summed E-state index contributed by atoms with van der Waals surface area (Å²) in [5.41, 5.74) is 9.39. The van der Waals surface area contributed by atoms with Gasteiger partial charge in [-0.1, -0.05) is 46.2 Å². The minimum absolute atomic E-state index is 0.0245. The lowest BCUT2D eigenvalue weighted by atomic mass is 9.46. The van der Waals surface area contributed by atoms with Crippen LogP contribution in [0.2, 0.25) is 0 Å². The highest BCUT2D eigenvalue weighted by atomic mass is 33.1. The van der Waals surface area contributed by atoms with E-state index in [9.17, 15) is 4.79 Å². The predicted octanol–water partition coefficient (Wildman–Crippen LogP) is 4.87. The third kappa shape index (κ3) is 2.76. The lowest BCUT2D eigenvalue weighted by Gasteiger charge is -2.57. The third-order valence-corrected chi connectivity index (χ3v) is 12.5. The third-order valence-electron chi connectivity index (χ3n) is 9.96. The molecule has 2 aliphatic heterocycles. The fourth-order valence-corrected chi connectivity index (χ4v) is 11.4. The maximum Gasteiger partial charge on any atom is 0.189 e. The van der Waals surface area contributed by atoms with Crippen molar-refractivity contribution in [3.63, 3.8) is 0 Å². The number of hydrogen-bond donors (Lipinski definition) is 2. The molecular formula is C25H35N3OS2. The molecular weight excluding hydrogens is 422 g/mol. The van der Waals surface area contributed by atoms with Gasteiger partial charge in [0.15, 0.2) is 11.7 Å². The van der Waals surface area contributed by atoms with Crippen LogP contribution >= 0.6 is 21.6 Å². The molecule has 168 valence electrons. The molecule has 2 spiro atoms. The van der Waals surface area contributed by atoms with Crippen molar-refractivity contribution >= 4 is 33.3 Å². The summed E-state index contributed by atoms with van der Waals surface area (Å²) >= 11 is 0. The average molecular weight is 458 g/mol. The molecule has 6 unspecified atom stereocenters. The topological polar surface area (TPSA) is 67.5 Å². The average Bonchev–Trinajstić information content (AvgIpc) is 3.03. The van der Waals surface area contributed by atoms with E-state index in [1.165, 1.54) is 43.4 Å². The van der Waals surface area contributed by atoms with E-state index >= 15 is 0 Å². The highest BCUT2D eigenvalue weighted by molar-refractivity contribution is 8.76. The summed E-state index contributed by atoms with van der Waals surface area (Å²) in [6.45, 7) is 3.39. The van der Waals surface area contributed by atoms with E-state index < -0.39 is 0 Å². The van der Waals surface area contributed by atoms with Gasteiger partial charge in [-0.15, -0.1) is 0 Å². The molecule has 0 aromatic rings. The summed E-state index contributed by atoms with van der Waals surface area (Å²) in [6, 6.07) is 0. The van der Waals surface area contributed by atoms with Crippen molar-refractivity contribution in [2.75, 3.05) is 18.1 Å². The molecule has 4 nitrogen and oxygen atoms in total. The van der Waals surface area contributed by atoms with Crippen LogP contribution in [0.4, 0.5) is 0 Å². The van der Waals surface area contributed by atoms with Crippen molar-refractivity contribution in [1.29, 1.82) is 0 Å². The van der Waals surface area contributed by atoms with Gasteiger partial charge in [0.2, 0.25) is 0 Å². The van der Waals surface area contributed by atoms with Crippen molar-refractivity contribution in [1.82, 2.24) is 5.32 Å². The van der Waals surface area contributed by atoms with Crippen LogP contribution in [0.15, 0.2) is 28.3 Å². The number of aliphatic imine (C=N–C) groups is 1. The van der Waals surface area contributed by atoms with Crippen LogP contribution in [0.25, 0.3) is 0 Å². The number of carbonyl (C=O) groups excluding carboxylic acids is 1. The van der Waals surface area contributed by atoms with Crippen LogP contribution in [0.5, 0.6) is 0 Å². The van der Waals surface area contributed by atoms with Gasteiger partial charge in [0.25, 0.3) is 0 Å². The van der Waals surface area contributed by atoms with E-state index in [4.69, 9.17) is 5.73 Å². The summed E-state index contributed by atoms with van der Waals surface area (Å²) in [7, 11) is 4.07.